The van der Waals surface area contributed by atoms with Crippen molar-refractivity contribution in [3.8, 4) is 0 Å². The second-order valence-corrected chi connectivity index (χ2v) is 5.75. The minimum Gasteiger partial charge on any atom is -0.352 e. The molecule has 1 aliphatic carbocycles. The van der Waals surface area contributed by atoms with Gasteiger partial charge in [0.05, 0.1) is 0 Å². The van der Waals surface area contributed by atoms with Crippen LogP contribution in [0.5, 0.6) is 0 Å². The minimum atomic E-state index is -0.118. The molecule has 1 N–H and O–H groups in total. The SMILES string of the molecule is O=C(/C=C\c1ccc(Cl)cc1)NCCc1nncn1C1CC1. The predicted molar refractivity (Wildman–Crippen MR) is 85.5 cm³/mol. The standard InChI is InChI=1S/C16H17ClN4O/c17-13-4-1-12(2-5-13)3-8-16(22)18-10-9-15-20-19-11-21(15)14-6-7-14/h1-5,8,11,14H,6-7,9-10H2,(H,18,22)/b8-3-. The van der Waals surface area contributed by atoms with E-state index in [2.05, 4.69) is 20.1 Å². The third kappa shape index (κ3) is 3.95. The number of nitrogens with zero attached hydrogens (tertiary/aromatic N) is 3. The van der Waals surface area contributed by atoms with E-state index in [1.165, 1.54) is 18.9 Å². The average Bonchev–Trinajstić information content (AvgIpc) is 3.26. The Morgan fingerprint density at radius 1 is 1.36 bits per heavy atom. The van der Waals surface area contributed by atoms with Crippen LogP contribution in [-0.4, -0.2) is 27.2 Å². The molecule has 0 atom stereocenters. The lowest BCUT2D eigenvalue weighted by Crippen LogP contribution is -2.24. The summed E-state index contributed by atoms with van der Waals surface area (Å²) in [4.78, 5) is 11.8. The molecular weight excluding hydrogens is 300 g/mol. The maximum Gasteiger partial charge on any atom is 0.244 e. The van der Waals surface area contributed by atoms with Crippen molar-refractivity contribution < 1.29 is 4.79 Å². The molecule has 0 saturated heterocycles. The van der Waals surface area contributed by atoms with Crippen molar-refractivity contribution in [3.63, 3.8) is 0 Å². The lowest BCUT2D eigenvalue weighted by Gasteiger charge is -2.04. The first-order chi connectivity index (χ1) is 10.7. The highest BCUT2D eigenvalue weighted by atomic mass is 35.5. The predicted octanol–water partition coefficient (Wildman–Crippen LogP) is 2.64. The number of benzene rings is 1. The Labute approximate surface area is 134 Å². The molecule has 6 heteroatoms. The normalized spacial score (nSPS) is 14.4. The Morgan fingerprint density at radius 3 is 2.86 bits per heavy atom. The number of carbonyl (C=O) groups excluding carboxylic acids is 1. The number of carbonyl (C=O) groups is 1. The number of amides is 1. The minimum absolute atomic E-state index is 0.118. The van der Waals surface area contributed by atoms with Gasteiger partial charge in [-0.05, 0) is 36.6 Å². The monoisotopic (exact) mass is 316 g/mol. The van der Waals surface area contributed by atoms with Gasteiger partial charge in [-0.25, -0.2) is 0 Å². The number of hydrogen-bond acceptors (Lipinski definition) is 3. The molecule has 1 saturated carbocycles. The first kappa shape index (κ1) is 14.8. The Hall–Kier alpha value is -2.14. The van der Waals surface area contributed by atoms with Gasteiger partial charge in [0.25, 0.3) is 0 Å². The van der Waals surface area contributed by atoms with Crippen molar-refractivity contribution in [2.75, 3.05) is 6.54 Å². The van der Waals surface area contributed by atoms with E-state index in [0.29, 0.717) is 24.0 Å². The highest BCUT2D eigenvalue weighted by Crippen LogP contribution is 2.35. The van der Waals surface area contributed by atoms with Crippen molar-refractivity contribution in [2.24, 2.45) is 0 Å². The van der Waals surface area contributed by atoms with Gasteiger partial charge < -0.3 is 9.88 Å². The van der Waals surface area contributed by atoms with Gasteiger partial charge in [0.1, 0.15) is 12.2 Å². The van der Waals surface area contributed by atoms with Crippen LogP contribution in [0.15, 0.2) is 36.7 Å². The van der Waals surface area contributed by atoms with Crippen LogP contribution in [0.2, 0.25) is 5.02 Å². The summed E-state index contributed by atoms with van der Waals surface area (Å²) in [6.45, 7) is 0.551. The van der Waals surface area contributed by atoms with Gasteiger partial charge in [-0.3, -0.25) is 4.79 Å². The lowest BCUT2D eigenvalue weighted by atomic mass is 10.2. The molecule has 0 spiro atoms. The summed E-state index contributed by atoms with van der Waals surface area (Å²) in [5.41, 5.74) is 0.938. The van der Waals surface area contributed by atoms with Gasteiger partial charge in [-0.15, -0.1) is 10.2 Å². The van der Waals surface area contributed by atoms with E-state index >= 15 is 0 Å². The van der Waals surface area contributed by atoms with E-state index in [0.717, 1.165) is 11.4 Å². The largest absolute Gasteiger partial charge is 0.352 e. The van der Waals surface area contributed by atoms with Crippen LogP contribution in [0.25, 0.3) is 6.08 Å². The fourth-order valence-corrected chi connectivity index (χ4v) is 2.33. The first-order valence-corrected chi connectivity index (χ1v) is 7.70. The lowest BCUT2D eigenvalue weighted by molar-refractivity contribution is -0.116. The van der Waals surface area contributed by atoms with Crippen LogP contribution in [0.3, 0.4) is 0 Å². The molecule has 114 valence electrons. The molecule has 1 aliphatic rings. The molecule has 0 unspecified atom stereocenters. The summed E-state index contributed by atoms with van der Waals surface area (Å²) in [5.74, 6) is 0.817. The number of aromatic nitrogens is 3. The summed E-state index contributed by atoms with van der Waals surface area (Å²) in [6, 6.07) is 7.88. The van der Waals surface area contributed by atoms with Crippen LogP contribution in [0, 0.1) is 0 Å². The topological polar surface area (TPSA) is 59.8 Å². The summed E-state index contributed by atoms with van der Waals surface area (Å²) >= 11 is 5.81. The fraction of sp³-hybridized carbons (Fsp3) is 0.312. The van der Waals surface area contributed by atoms with Gasteiger partial charge in [0.15, 0.2) is 0 Å². The highest BCUT2D eigenvalue weighted by molar-refractivity contribution is 6.30. The van der Waals surface area contributed by atoms with E-state index in [1.54, 1.807) is 24.5 Å². The molecule has 0 radical (unpaired) electrons. The molecule has 1 aromatic heterocycles. The number of halogens is 1. The van der Waals surface area contributed by atoms with E-state index in [9.17, 15) is 4.79 Å². The fourth-order valence-electron chi connectivity index (χ4n) is 2.21. The summed E-state index contributed by atoms with van der Waals surface area (Å²) in [6.07, 6.45) is 8.14. The molecule has 1 heterocycles. The Morgan fingerprint density at radius 2 is 2.14 bits per heavy atom. The van der Waals surface area contributed by atoms with Crippen molar-refractivity contribution in [1.82, 2.24) is 20.1 Å². The second kappa shape index (κ2) is 6.75. The third-order valence-electron chi connectivity index (χ3n) is 3.53. The smallest absolute Gasteiger partial charge is 0.244 e. The van der Waals surface area contributed by atoms with Crippen LogP contribution < -0.4 is 5.32 Å². The summed E-state index contributed by atoms with van der Waals surface area (Å²) in [7, 11) is 0. The molecular formula is C16H17ClN4O. The van der Waals surface area contributed by atoms with Crippen LogP contribution in [0.4, 0.5) is 0 Å². The molecule has 1 amide bonds. The number of nitrogens with one attached hydrogen (secondary N) is 1. The van der Waals surface area contributed by atoms with Gasteiger partial charge in [-0.2, -0.15) is 0 Å². The number of rotatable bonds is 6. The molecule has 2 aromatic rings. The quantitative estimate of drug-likeness (QED) is 0.833. The van der Waals surface area contributed by atoms with E-state index in [-0.39, 0.29) is 5.91 Å². The van der Waals surface area contributed by atoms with Gasteiger partial charge in [0, 0.05) is 30.1 Å². The van der Waals surface area contributed by atoms with Crippen LogP contribution in [0.1, 0.15) is 30.3 Å². The maximum absolute atomic E-state index is 11.8. The molecule has 0 aliphatic heterocycles. The maximum atomic E-state index is 11.8. The van der Waals surface area contributed by atoms with Gasteiger partial charge in [0.2, 0.25) is 5.91 Å². The van der Waals surface area contributed by atoms with E-state index in [1.807, 2.05) is 12.1 Å². The van der Waals surface area contributed by atoms with Crippen molar-refractivity contribution >= 4 is 23.6 Å². The number of hydrogen-bond donors (Lipinski definition) is 1. The summed E-state index contributed by atoms with van der Waals surface area (Å²) in [5, 5.41) is 11.6. The molecule has 22 heavy (non-hydrogen) atoms. The van der Waals surface area contributed by atoms with Crippen LogP contribution in [-0.2, 0) is 11.2 Å². The zero-order chi connectivity index (χ0) is 15.4. The van der Waals surface area contributed by atoms with Gasteiger partial charge in [-0.1, -0.05) is 23.7 Å². The van der Waals surface area contributed by atoms with Crippen LogP contribution >= 0.6 is 11.6 Å². The molecule has 0 bridgehead atoms. The Kier molecular flexibility index (Phi) is 4.53. The van der Waals surface area contributed by atoms with E-state index in [4.69, 9.17) is 11.6 Å². The highest BCUT2D eigenvalue weighted by Gasteiger charge is 2.25. The second-order valence-electron chi connectivity index (χ2n) is 5.31. The molecule has 1 aromatic carbocycles. The van der Waals surface area contributed by atoms with Gasteiger partial charge >= 0.3 is 0 Å². The molecule has 3 rings (SSSR count). The zero-order valence-electron chi connectivity index (χ0n) is 12.1. The van der Waals surface area contributed by atoms with Crippen molar-refractivity contribution in [3.05, 3.63) is 53.1 Å². The van der Waals surface area contributed by atoms with E-state index < -0.39 is 0 Å². The molecule has 1 fully saturated rings. The van der Waals surface area contributed by atoms with Crippen molar-refractivity contribution in [1.29, 1.82) is 0 Å². The first-order valence-electron chi connectivity index (χ1n) is 7.32. The average molecular weight is 317 g/mol. The third-order valence-corrected chi connectivity index (χ3v) is 3.78. The van der Waals surface area contributed by atoms with Crippen molar-refractivity contribution in [2.45, 2.75) is 25.3 Å². The Balaban J connectivity index is 1.46. The molecule has 5 nitrogen and oxygen atoms in total. The Bertz CT molecular complexity index is 674. The summed E-state index contributed by atoms with van der Waals surface area (Å²) < 4.78 is 2.11. The zero-order valence-corrected chi connectivity index (χ0v) is 12.8.